The number of aryl methyl sites for hydroxylation is 1. The first-order valence-corrected chi connectivity index (χ1v) is 7.22. The van der Waals surface area contributed by atoms with Gasteiger partial charge in [-0.3, -0.25) is 4.79 Å². The highest BCUT2D eigenvalue weighted by Crippen LogP contribution is 2.14. The number of aliphatic hydroxyl groups excluding tert-OH is 1. The van der Waals surface area contributed by atoms with Crippen LogP contribution in [0.15, 0.2) is 36.7 Å². The number of aromatic nitrogens is 2. The van der Waals surface area contributed by atoms with E-state index in [2.05, 4.69) is 9.97 Å². The van der Waals surface area contributed by atoms with Gasteiger partial charge < -0.3 is 19.7 Å². The summed E-state index contributed by atoms with van der Waals surface area (Å²) >= 11 is 0. The number of H-pyrrole nitrogens is 1. The zero-order valence-electron chi connectivity index (χ0n) is 12.7. The van der Waals surface area contributed by atoms with E-state index >= 15 is 0 Å². The topological polar surface area (TPSA) is 78.4 Å². The molecule has 0 radical (unpaired) electrons. The molecule has 1 aromatic heterocycles. The SMILES string of the molecule is COc1cccc(CCC(=O)N(CCO)Cc2ncc[nH]2)c1. The Hall–Kier alpha value is -2.34. The fourth-order valence-corrected chi connectivity index (χ4v) is 2.22. The Kier molecular flexibility index (Phi) is 5.97. The molecule has 2 rings (SSSR count). The lowest BCUT2D eigenvalue weighted by molar-refractivity contribution is -0.132. The molecule has 1 amide bonds. The van der Waals surface area contributed by atoms with Crippen molar-refractivity contribution in [2.24, 2.45) is 0 Å². The number of hydrogen-bond acceptors (Lipinski definition) is 4. The third-order valence-electron chi connectivity index (χ3n) is 3.38. The smallest absolute Gasteiger partial charge is 0.223 e. The van der Waals surface area contributed by atoms with Gasteiger partial charge in [-0.05, 0) is 24.1 Å². The molecule has 0 atom stereocenters. The molecule has 6 heteroatoms. The number of nitrogens with zero attached hydrogens (tertiary/aromatic N) is 2. The van der Waals surface area contributed by atoms with Crippen LogP contribution in [0.1, 0.15) is 17.8 Å². The molecule has 0 saturated heterocycles. The van der Waals surface area contributed by atoms with Crippen LogP contribution >= 0.6 is 0 Å². The summed E-state index contributed by atoms with van der Waals surface area (Å²) in [7, 11) is 1.62. The van der Waals surface area contributed by atoms with E-state index in [-0.39, 0.29) is 12.5 Å². The number of rotatable bonds is 8. The normalized spacial score (nSPS) is 10.5. The van der Waals surface area contributed by atoms with Gasteiger partial charge in [-0.2, -0.15) is 0 Å². The summed E-state index contributed by atoms with van der Waals surface area (Å²) in [6.07, 6.45) is 4.38. The van der Waals surface area contributed by atoms with Gasteiger partial charge in [0.15, 0.2) is 0 Å². The molecule has 0 aliphatic rings. The lowest BCUT2D eigenvalue weighted by Crippen LogP contribution is -2.33. The first kappa shape index (κ1) is 16.0. The standard InChI is InChI=1S/C16H21N3O3/c1-22-14-4-2-3-13(11-14)5-6-16(21)19(9-10-20)12-15-17-7-8-18-15/h2-4,7-8,11,20H,5-6,9-10,12H2,1H3,(H,17,18). The summed E-state index contributed by atoms with van der Waals surface area (Å²) in [5.41, 5.74) is 1.05. The monoisotopic (exact) mass is 303 g/mol. The number of nitrogens with one attached hydrogen (secondary N) is 1. The quantitative estimate of drug-likeness (QED) is 0.772. The zero-order chi connectivity index (χ0) is 15.8. The highest BCUT2D eigenvalue weighted by molar-refractivity contribution is 5.76. The number of ether oxygens (including phenoxy) is 1. The minimum atomic E-state index is -0.0639. The Morgan fingerprint density at radius 2 is 2.32 bits per heavy atom. The van der Waals surface area contributed by atoms with Crippen molar-refractivity contribution in [2.45, 2.75) is 19.4 Å². The minimum absolute atomic E-state index is 0.00623. The second-order valence-corrected chi connectivity index (χ2v) is 4.93. The van der Waals surface area contributed by atoms with Gasteiger partial charge in [0.1, 0.15) is 11.6 Å². The molecule has 1 heterocycles. The predicted octanol–water partition coefficient (Wildman–Crippen LogP) is 1.37. The van der Waals surface area contributed by atoms with Gasteiger partial charge in [-0.15, -0.1) is 0 Å². The third-order valence-corrected chi connectivity index (χ3v) is 3.38. The molecule has 22 heavy (non-hydrogen) atoms. The van der Waals surface area contributed by atoms with Crippen LogP contribution in [-0.4, -0.2) is 46.1 Å². The van der Waals surface area contributed by atoms with Gasteiger partial charge in [0.25, 0.3) is 0 Å². The first-order valence-electron chi connectivity index (χ1n) is 7.22. The van der Waals surface area contributed by atoms with Gasteiger partial charge >= 0.3 is 0 Å². The highest BCUT2D eigenvalue weighted by atomic mass is 16.5. The number of aromatic amines is 1. The van der Waals surface area contributed by atoms with E-state index in [9.17, 15) is 4.79 Å². The number of amides is 1. The van der Waals surface area contributed by atoms with Crippen LogP contribution in [0.4, 0.5) is 0 Å². The van der Waals surface area contributed by atoms with Crippen molar-refractivity contribution in [1.82, 2.24) is 14.9 Å². The fourth-order valence-electron chi connectivity index (χ4n) is 2.22. The number of methoxy groups -OCH3 is 1. The molecule has 0 unspecified atom stereocenters. The summed E-state index contributed by atoms with van der Waals surface area (Å²) in [5.74, 6) is 1.49. The molecule has 6 nitrogen and oxygen atoms in total. The van der Waals surface area contributed by atoms with Crippen LogP contribution in [0.5, 0.6) is 5.75 Å². The van der Waals surface area contributed by atoms with Gasteiger partial charge in [0.05, 0.1) is 20.3 Å². The number of carbonyl (C=O) groups is 1. The maximum Gasteiger partial charge on any atom is 0.223 e. The van der Waals surface area contributed by atoms with E-state index in [0.29, 0.717) is 31.8 Å². The van der Waals surface area contributed by atoms with E-state index in [1.807, 2.05) is 24.3 Å². The molecule has 0 fully saturated rings. The van der Waals surface area contributed by atoms with Gasteiger partial charge in [-0.1, -0.05) is 12.1 Å². The molecule has 0 aliphatic heterocycles. The number of hydrogen-bond donors (Lipinski definition) is 2. The average molecular weight is 303 g/mol. The van der Waals surface area contributed by atoms with Crippen molar-refractivity contribution >= 4 is 5.91 Å². The van der Waals surface area contributed by atoms with E-state index in [1.54, 1.807) is 24.4 Å². The van der Waals surface area contributed by atoms with Crippen molar-refractivity contribution < 1.29 is 14.6 Å². The lowest BCUT2D eigenvalue weighted by atomic mass is 10.1. The van der Waals surface area contributed by atoms with Crippen molar-refractivity contribution in [3.05, 3.63) is 48.0 Å². The van der Waals surface area contributed by atoms with Crippen LogP contribution < -0.4 is 4.74 Å². The number of carbonyl (C=O) groups excluding carboxylic acids is 1. The van der Waals surface area contributed by atoms with Gasteiger partial charge in [0.2, 0.25) is 5.91 Å². The Bertz CT molecular complexity index is 584. The summed E-state index contributed by atoms with van der Waals surface area (Å²) in [6, 6.07) is 7.68. The van der Waals surface area contributed by atoms with Crippen molar-refractivity contribution in [3.8, 4) is 5.75 Å². The average Bonchev–Trinajstić information content (AvgIpc) is 3.05. The van der Waals surface area contributed by atoms with Crippen molar-refractivity contribution in [1.29, 1.82) is 0 Å². The van der Waals surface area contributed by atoms with Gasteiger partial charge in [-0.25, -0.2) is 4.98 Å². The second-order valence-electron chi connectivity index (χ2n) is 4.93. The Morgan fingerprint density at radius 1 is 1.45 bits per heavy atom. The van der Waals surface area contributed by atoms with Crippen molar-refractivity contribution in [2.75, 3.05) is 20.3 Å². The minimum Gasteiger partial charge on any atom is -0.497 e. The third kappa shape index (κ3) is 4.60. The van der Waals surface area contributed by atoms with Crippen LogP contribution in [-0.2, 0) is 17.8 Å². The molecule has 0 aliphatic carbocycles. The molecule has 0 saturated carbocycles. The molecule has 1 aromatic carbocycles. The van der Waals surface area contributed by atoms with Crippen LogP contribution in [0, 0.1) is 0 Å². The fraction of sp³-hybridized carbons (Fsp3) is 0.375. The van der Waals surface area contributed by atoms with Crippen LogP contribution in [0.25, 0.3) is 0 Å². The van der Waals surface area contributed by atoms with E-state index < -0.39 is 0 Å². The Labute approximate surface area is 129 Å². The molecule has 2 aromatic rings. The molecular weight excluding hydrogens is 282 g/mol. The maximum absolute atomic E-state index is 12.3. The summed E-state index contributed by atoms with van der Waals surface area (Å²) < 4.78 is 5.18. The summed E-state index contributed by atoms with van der Waals surface area (Å²) in [5, 5.41) is 9.13. The molecule has 0 bridgehead atoms. The molecule has 2 N–H and O–H groups in total. The van der Waals surface area contributed by atoms with E-state index in [1.165, 1.54) is 0 Å². The summed E-state index contributed by atoms with van der Waals surface area (Å²) in [4.78, 5) is 21.0. The van der Waals surface area contributed by atoms with Crippen LogP contribution in [0.2, 0.25) is 0 Å². The Balaban J connectivity index is 1.92. The summed E-state index contributed by atoms with van der Waals surface area (Å²) in [6.45, 7) is 0.619. The van der Waals surface area contributed by atoms with E-state index in [4.69, 9.17) is 9.84 Å². The van der Waals surface area contributed by atoms with Crippen LogP contribution in [0.3, 0.4) is 0 Å². The lowest BCUT2D eigenvalue weighted by Gasteiger charge is -2.20. The highest BCUT2D eigenvalue weighted by Gasteiger charge is 2.14. The maximum atomic E-state index is 12.3. The first-order chi connectivity index (χ1) is 10.7. The number of imidazole rings is 1. The molecular formula is C16H21N3O3. The van der Waals surface area contributed by atoms with E-state index in [0.717, 1.165) is 11.3 Å². The van der Waals surface area contributed by atoms with Crippen molar-refractivity contribution in [3.63, 3.8) is 0 Å². The largest absolute Gasteiger partial charge is 0.497 e. The molecule has 118 valence electrons. The molecule has 0 spiro atoms. The zero-order valence-corrected chi connectivity index (χ0v) is 12.7. The Morgan fingerprint density at radius 3 is 3.00 bits per heavy atom. The number of benzene rings is 1. The second kappa shape index (κ2) is 8.19. The predicted molar refractivity (Wildman–Crippen MR) is 82.4 cm³/mol. The van der Waals surface area contributed by atoms with Gasteiger partial charge in [0, 0.05) is 25.4 Å². The number of aliphatic hydroxyl groups is 1.